The second-order valence-electron chi connectivity index (χ2n) is 5.48. The Kier molecular flexibility index (Phi) is 3.23. The summed E-state index contributed by atoms with van der Waals surface area (Å²) in [7, 11) is -2.21. The number of ether oxygens (including phenoxy) is 1. The lowest BCUT2D eigenvalue weighted by atomic mass is 9.63. The van der Waals surface area contributed by atoms with Crippen molar-refractivity contribution in [3.8, 4) is 0 Å². The van der Waals surface area contributed by atoms with E-state index in [0.29, 0.717) is 5.76 Å². The van der Waals surface area contributed by atoms with Gasteiger partial charge in [-0.05, 0) is 18.9 Å². The maximum Gasteiger partial charge on any atom is 0.336 e. The van der Waals surface area contributed by atoms with Crippen molar-refractivity contribution in [1.29, 1.82) is 0 Å². The molecule has 1 saturated heterocycles. The van der Waals surface area contributed by atoms with Gasteiger partial charge in [0.05, 0.1) is 19.1 Å². The predicted octanol–water partition coefficient (Wildman–Crippen LogP) is 0.675. The number of nitrogens with one attached hydrogen (secondary N) is 1. The molecule has 0 bridgehead atoms. The van der Waals surface area contributed by atoms with Gasteiger partial charge in [-0.2, -0.15) is 13.1 Å². The zero-order valence-corrected chi connectivity index (χ0v) is 12.0. The third-order valence-corrected chi connectivity index (χ3v) is 5.39. The van der Waals surface area contributed by atoms with Crippen molar-refractivity contribution in [2.45, 2.75) is 25.3 Å². The first-order valence-electron chi connectivity index (χ1n) is 6.63. The van der Waals surface area contributed by atoms with Crippen LogP contribution in [0.25, 0.3) is 0 Å². The number of hydrogen-bond acceptors (Lipinski definition) is 5. The average molecular weight is 299 g/mol. The van der Waals surface area contributed by atoms with Crippen molar-refractivity contribution >= 4 is 16.1 Å². The van der Waals surface area contributed by atoms with Gasteiger partial charge in [0.25, 0.3) is 0 Å². The summed E-state index contributed by atoms with van der Waals surface area (Å²) in [5.74, 6) is 0.484. The summed E-state index contributed by atoms with van der Waals surface area (Å²) >= 11 is 0. The SMILES string of the molecule is COC1=CC(=O)C=C[C@]12CCC[C@@H]1COS(=O)(=O)N[C@H]12. The minimum Gasteiger partial charge on any atom is -0.500 e. The maximum atomic E-state index is 11.7. The molecule has 1 aliphatic heterocycles. The number of hydrogen-bond donors (Lipinski definition) is 1. The average Bonchev–Trinajstić information content (AvgIpc) is 2.42. The standard InChI is InChI=1S/C13H17NO5S/c1-18-11-7-10(15)4-6-13(11)5-2-3-9-8-19-20(16,17)14-12(9)13/h4,6-7,9,12,14H,2-3,5,8H2,1H3/t9-,12-,13-/m1/s1. The van der Waals surface area contributed by atoms with Crippen LogP contribution in [0.1, 0.15) is 19.3 Å². The van der Waals surface area contributed by atoms with Gasteiger partial charge in [0.2, 0.25) is 0 Å². The molecule has 3 rings (SSSR count). The molecule has 20 heavy (non-hydrogen) atoms. The summed E-state index contributed by atoms with van der Waals surface area (Å²) in [5.41, 5.74) is -0.581. The number of ketones is 1. The molecule has 6 nitrogen and oxygen atoms in total. The first-order chi connectivity index (χ1) is 9.47. The van der Waals surface area contributed by atoms with Crippen molar-refractivity contribution in [2.24, 2.45) is 11.3 Å². The smallest absolute Gasteiger partial charge is 0.336 e. The van der Waals surface area contributed by atoms with E-state index in [1.165, 1.54) is 19.3 Å². The van der Waals surface area contributed by atoms with E-state index >= 15 is 0 Å². The summed E-state index contributed by atoms with van der Waals surface area (Å²) < 4.78 is 36.3. The van der Waals surface area contributed by atoms with E-state index in [9.17, 15) is 13.2 Å². The Bertz CT molecular complexity index is 594. The molecule has 3 aliphatic rings. The molecule has 1 saturated carbocycles. The molecule has 1 heterocycles. The quantitative estimate of drug-likeness (QED) is 0.770. The Hall–Kier alpha value is -1.18. The van der Waals surface area contributed by atoms with Crippen molar-refractivity contribution in [1.82, 2.24) is 4.72 Å². The lowest BCUT2D eigenvalue weighted by molar-refractivity contribution is -0.111. The van der Waals surface area contributed by atoms with Crippen LogP contribution in [0.15, 0.2) is 24.0 Å². The fourth-order valence-electron chi connectivity index (χ4n) is 3.48. The largest absolute Gasteiger partial charge is 0.500 e. The van der Waals surface area contributed by atoms with Gasteiger partial charge in [-0.1, -0.05) is 12.5 Å². The fourth-order valence-corrected chi connectivity index (χ4v) is 4.62. The molecule has 0 aromatic carbocycles. The van der Waals surface area contributed by atoms with Gasteiger partial charge < -0.3 is 4.74 Å². The van der Waals surface area contributed by atoms with E-state index in [1.807, 2.05) is 0 Å². The molecule has 1 spiro atoms. The monoisotopic (exact) mass is 299 g/mol. The third-order valence-electron chi connectivity index (χ3n) is 4.40. The van der Waals surface area contributed by atoms with Gasteiger partial charge in [0, 0.05) is 18.0 Å². The highest BCUT2D eigenvalue weighted by atomic mass is 32.2. The predicted molar refractivity (Wildman–Crippen MR) is 70.8 cm³/mol. The molecule has 2 fully saturated rings. The molecular weight excluding hydrogens is 282 g/mol. The summed E-state index contributed by atoms with van der Waals surface area (Å²) in [6, 6.07) is -0.328. The van der Waals surface area contributed by atoms with Gasteiger partial charge in [0.1, 0.15) is 5.76 Å². The summed E-state index contributed by atoms with van der Waals surface area (Å²) in [5, 5.41) is 0. The van der Waals surface area contributed by atoms with E-state index in [0.717, 1.165) is 19.3 Å². The highest BCUT2D eigenvalue weighted by Gasteiger charge is 2.52. The molecule has 7 heteroatoms. The highest BCUT2D eigenvalue weighted by Crippen LogP contribution is 2.49. The fraction of sp³-hybridized carbons (Fsp3) is 0.615. The molecule has 0 aromatic rings. The van der Waals surface area contributed by atoms with Crippen molar-refractivity contribution in [3.63, 3.8) is 0 Å². The zero-order chi connectivity index (χ0) is 14.4. The number of carbonyl (C=O) groups excluding carboxylic acids is 1. The number of fused-ring (bicyclic) bond motifs is 2. The second-order valence-corrected chi connectivity index (χ2v) is 6.85. The lowest BCUT2D eigenvalue weighted by Gasteiger charge is -2.49. The van der Waals surface area contributed by atoms with E-state index in [4.69, 9.17) is 8.92 Å². The second kappa shape index (κ2) is 4.68. The van der Waals surface area contributed by atoms with E-state index < -0.39 is 15.7 Å². The molecule has 1 N–H and O–H groups in total. The van der Waals surface area contributed by atoms with Crippen LogP contribution >= 0.6 is 0 Å². The van der Waals surface area contributed by atoms with Crippen molar-refractivity contribution < 1.29 is 22.1 Å². The van der Waals surface area contributed by atoms with Gasteiger partial charge in [-0.3, -0.25) is 8.98 Å². The Labute approximate surface area is 118 Å². The number of methoxy groups -OCH3 is 1. The Morgan fingerprint density at radius 2 is 2.30 bits per heavy atom. The number of allylic oxidation sites excluding steroid dienone is 2. The topological polar surface area (TPSA) is 81.7 Å². The summed E-state index contributed by atoms with van der Waals surface area (Å²) in [6.07, 6.45) is 7.32. The van der Waals surface area contributed by atoms with Crippen LogP contribution in [-0.2, 0) is 24.0 Å². The van der Waals surface area contributed by atoms with Crippen LogP contribution in [0.2, 0.25) is 0 Å². The summed E-state index contributed by atoms with van der Waals surface area (Å²) in [4.78, 5) is 11.5. The molecular formula is C13H17NO5S. The van der Waals surface area contributed by atoms with Gasteiger partial charge >= 0.3 is 10.3 Å². The molecule has 0 radical (unpaired) electrons. The van der Waals surface area contributed by atoms with Crippen LogP contribution in [0.4, 0.5) is 0 Å². The van der Waals surface area contributed by atoms with Gasteiger partial charge in [0.15, 0.2) is 5.78 Å². The first kappa shape index (κ1) is 13.8. The van der Waals surface area contributed by atoms with Crippen LogP contribution in [0.5, 0.6) is 0 Å². The molecule has 0 unspecified atom stereocenters. The number of carbonyl (C=O) groups is 1. The minimum absolute atomic E-state index is 0.0867. The Morgan fingerprint density at radius 3 is 3.05 bits per heavy atom. The van der Waals surface area contributed by atoms with Gasteiger partial charge in [-0.25, -0.2) is 0 Å². The summed E-state index contributed by atoms with van der Waals surface area (Å²) in [6.45, 7) is 0.181. The molecule has 0 aromatic heterocycles. The number of rotatable bonds is 1. The zero-order valence-electron chi connectivity index (χ0n) is 11.2. The van der Waals surface area contributed by atoms with Crippen LogP contribution in [0, 0.1) is 11.3 Å². The van der Waals surface area contributed by atoms with Crippen molar-refractivity contribution in [3.05, 3.63) is 24.0 Å². The third kappa shape index (κ3) is 2.10. The van der Waals surface area contributed by atoms with Gasteiger partial charge in [-0.15, -0.1) is 0 Å². The lowest BCUT2D eigenvalue weighted by Crippen LogP contribution is -2.59. The van der Waals surface area contributed by atoms with Crippen LogP contribution in [-0.4, -0.2) is 34.0 Å². The Morgan fingerprint density at radius 1 is 1.50 bits per heavy atom. The Balaban J connectivity index is 2.04. The minimum atomic E-state index is -3.73. The molecule has 2 aliphatic carbocycles. The van der Waals surface area contributed by atoms with Crippen LogP contribution in [0.3, 0.4) is 0 Å². The normalized spacial score (nSPS) is 39.2. The molecule has 110 valence electrons. The maximum absolute atomic E-state index is 11.7. The molecule has 3 atom stereocenters. The van der Waals surface area contributed by atoms with Crippen molar-refractivity contribution in [2.75, 3.05) is 13.7 Å². The molecule has 0 amide bonds. The van der Waals surface area contributed by atoms with E-state index in [-0.39, 0.29) is 24.3 Å². The van der Waals surface area contributed by atoms with Crippen LogP contribution < -0.4 is 4.72 Å². The first-order valence-corrected chi connectivity index (χ1v) is 8.04. The highest BCUT2D eigenvalue weighted by molar-refractivity contribution is 7.84. The van der Waals surface area contributed by atoms with E-state index in [2.05, 4.69) is 4.72 Å². The van der Waals surface area contributed by atoms with E-state index in [1.54, 1.807) is 6.08 Å².